The molecular weight excluding hydrogens is 424 g/mol. The van der Waals surface area contributed by atoms with Gasteiger partial charge >= 0.3 is 0 Å². The van der Waals surface area contributed by atoms with Crippen LogP contribution >= 0.6 is 0 Å². The number of aryl methyl sites for hydroxylation is 1. The Bertz CT molecular complexity index is 1150. The van der Waals surface area contributed by atoms with Crippen LogP contribution in [0.1, 0.15) is 26.0 Å². The molecule has 1 aliphatic rings. The third kappa shape index (κ3) is 4.71. The van der Waals surface area contributed by atoms with Crippen molar-refractivity contribution < 1.29 is 23.7 Å². The molecule has 2 atom stereocenters. The largest absolute Gasteiger partial charge is 0.491 e. The van der Waals surface area contributed by atoms with Gasteiger partial charge in [-0.05, 0) is 13.0 Å². The first kappa shape index (κ1) is 23.2. The van der Waals surface area contributed by atoms with E-state index in [1.807, 2.05) is 42.9 Å². The summed E-state index contributed by atoms with van der Waals surface area (Å²) in [7, 11) is 5.29. The molecule has 1 N–H and O–H groups in total. The van der Waals surface area contributed by atoms with E-state index in [0.717, 1.165) is 27.9 Å². The van der Waals surface area contributed by atoms with E-state index >= 15 is 0 Å². The van der Waals surface area contributed by atoms with Crippen LogP contribution in [-0.2, 0) is 31.7 Å². The fourth-order valence-electron chi connectivity index (χ4n) is 3.99. The monoisotopic (exact) mass is 454 g/mol. The number of carbonyl (C=O) groups is 1. The zero-order valence-electron chi connectivity index (χ0n) is 19.7. The first-order valence-corrected chi connectivity index (χ1v) is 10.9. The van der Waals surface area contributed by atoms with Crippen LogP contribution in [0.25, 0.3) is 22.2 Å². The number of rotatable bonds is 8. The lowest BCUT2D eigenvalue weighted by molar-refractivity contribution is -0.114. The lowest BCUT2D eigenvalue weighted by atomic mass is 9.96. The third-order valence-electron chi connectivity index (χ3n) is 5.98. The minimum absolute atomic E-state index is 0.0555. The van der Waals surface area contributed by atoms with Crippen LogP contribution in [0, 0.1) is 0 Å². The van der Waals surface area contributed by atoms with Crippen LogP contribution < -0.4 is 10.1 Å². The lowest BCUT2D eigenvalue weighted by Gasteiger charge is -2.26. The van der Waals surface area contributed by atoms with Crippen molar-refractivity contribution in [2.24, 2.45) is 7.05 Å². The summed E-state index contributed by atoms with van der Waals surface area (Å²) in [6.07, 6.45) is 4.40. The molecule has 33 heavy (non-hydrogen) atoms. The number of methoxy groups -OCH3 is 2. The molecule has 0 radical (unpaired) electrons. The number of ether oxygens (including phenoxy) is 4. The van der Waals surface area contributed by atoms with Gasteiger partial charge in [-0.15, -0.1) is 0 Å². The molecule has 4 rings (SSSR count). The third-order valence-corrected chi connectivity index (χ3v) is 5.98. The molecule has 176 valence electrons. The first-order chi connectivity index (χ1) is 15.8. The number of anilines is 1. The van der Waals surface area contributed by atoms with Gasteiger partial charge in [-0.25, -0.2) is 9.97 Å². The van der Waals surface area contributed by atoms with Crippen molar-refractivity contribution in [2.75, 3.05) is 39.4 Å². The lowest BCUT2D eigenvalue weighted by Crippen LogP contribution is -2.30. The molecule has 3 aromatic rings. The van der Waals surface area contributed by atoms with Crippen LogP contribution in [0.15, 0.2) is 30.6 Å². The second-order valence-electron chi connectivity index (χ2n) is 8.35. The van der Waals surface area contributed by atoms with Gasteiger partial charge in [0.15, 0.2) is 0 Å². The summed E-state index contributed by atoms with van der Waals surface area (Å²) in [6.45, 7) is 4.85. The predicted octanol–water partition coefficient (Wildman–Crippen LogP) is 3.27. The highest BCUT2D eigenvalue weighted by molar-refractivity contribution is 5.98. The predicted molar refractivity (Wildman–Crippen MR) is 124 cm³/mol. The van der Waals surface area contributed by atoms with Gasteiger partial charge in [0.05, 0.1) is 35.8 Å². The van der Waals surface area contributed by atoms with E-state index in [4.69, 9.17) is 23.9 Å². The van der Waals surface area contributed by atoms with Gasteiger partial charge < -0.3 is 28.8 Å². The van der Waals surface area contributed by atoms with Crippen molar-refractivity contribution in [3.8, 4) is 17.0 Å². The summed E-state index contributed by atoms with van der Waals surface area (Å²) in [6, 6.07) is 5.69. The molecule has 0 aromatic carbocycles. The van der Waals surface area contributed by atoms with Crippen molar-refractivity contribution >= 4 is 22.6 Å². The van der Waals surface area contributed by atoms with E-state index < -0.39 is 5.60 Å². The number of nitrogens with zero attached hydrogens (tertiary/aromatic N) is 3. The highest BCUT2D eigenvalue weighted by Gasteiger charge is 2.39. The number of carbonyl (C=O) groups excluding carboxylic acids is 1. The highest BCUT2D eigenvalue weighted by atomic mass is 16.6. The molecule has 1 fully saturated rings. The summed E-state index contributed by atoms with van der Waals surface area (Å²) in [5, 5.41) is 3.67. The molecule has 1 saturated heterocycles. The second-order valence-corrected chi connectivity index (χ2v) is 8.35. The Kier molecular flexibility index (Phi) is 6.64. The minimum Gasteiger partial charge on any atom is -0.491 e. The van der Waals surface area contributed by atoms with Crippen molar-refractivity contribution in [3.05, 3.63) is 36.3 Å². The van der Waals surface area contributed by atoms with Gasteiger partial charge in [0, 0.05) is 70.5 Å². The van der Waals surface area contributed by atoms with E-state index in [9.17, 15) is 4.79 Å². The average Bonchev–Trinajstić information content (AvgIpc) is 3.42. The number of nitrogens with one attached hydrogen (secondary N) is 1. The van der Waals surface area contributed by atoms with Crippen molar-refractivity contribution in [1.29, 1.82) is 0 Å². The smallest absolute Gasteiger partial charge is 0.222 e. The van der Waals surface area contributed by atoms with Crippen molar-refractivity contribution in [3.63, 3.8) is 0 Å². The molecule has 9 heteroatoms. The first-order valence-electron chi connectivity index (χ1n) is 10.9. The van der Waals surface area contributed by atoms with Gasteiger partial charge in [-0.3, -0.25) is 4.79 Å². The Labute approximate surface area is 193 Å². The van der Waals surface area contributed by atoms with E-state index in [2.05, 4.69) is 10.3 Å². The maximum absolute atomic E-state index is 11.5. The summed E-state index contributed by atoms with van der Waals surface area (Å²) >= 11 is 0. The quantitative estimate of drug-likeness (QED) is 0.558. The summed E-state index contributed by atoms with van der Waals surface area (Å²) in [5.41, 5.74) is 2.69. The average molecular weight is 455 g/mol. The van der Waals surface area contributed by atoms with Crippen molar-refractivity contribution in [1.82, 2.24) is 14.5 Å². The standard InChI is InChI=1S/C24H30N4O5/c1-15(30-4)13-33-17-8-20(27-22(9-17)24(31-5)6-7-32-14-24)19-12-28(3)21-11-25-23(10-18(19)21)26-16(2)29/h8-12,15H,6-7,13-14H2,1-5H3,(H,25,26,29)/t15?,24-/m0/s1. The number of hydrogen-bond acceptors (Lipinski definition) is 7. The number of fused-ring (bicyclic) bond motifs is 1. The van der Waals surface area contributed by atoms with E-state index in [1.54, 1.807) is 20.4 Å². The SMILES string of the molecule is COC(C)COc1cc(-c2cn(C)c3cnc(NC(C)=O)cc23)nc([C@]2(OC)CCOC2)c1. The Balaban J connectivity index is 1.84. The van der Waals surface area contributed by atoms with E-state index in [1.165, 1.54) is 6.92 Å². The molecule has 0 saturated carbocycles. The summed E-state index contributed by atoms with van der Waals surface area (Å²) < 4.78 is 24.9. The fourth-order valence-corrected chi connectivity index (χ4v) is 3.99. The van der Waals surface area contributed by atoms with Crippen LogP contribution in [0.3, 0.4) is 0 Å². The Morgan fingerprint density at radius 3 is 2.82 bits per heavy atom. The molecule has 1 aliphatic heterocycles. The Morgan fingerprint density at radius 1 is 1.33 bits per heavy atom. The highest BCUT2D eigenvalue weighted by Crippen LogP contribution is 2.38. The zero-order valence-corrected chi connectivity index (χ0v) is 19.7. The second kappa shape index (κ2) is 9.46. The molecule has 1 unspecified atom stereocenters. The molecule has 9 nitrogen and oxygen atoms in total. The number of amides is 1. The molecule has 0 spiro atoms. The maximum atomic E-state index is 11.5. The molecule has 1 amide bonds. The molecule has 0 aliphatic carbocycles. The Hall–Kier alpha value is -3.01. The molecule has 3 aromatic heterocycles. The van der Waals surface area contributed by atoms with E-state index in [-0.39, 0.29) is 12.0 Å². The van der Waals surface area contributed by atoms with Crippen LogP contribution in [0.5, 0.6) is 5.75 Å². The van der Waals surface area contributed by atoms with Gasteiger partial charge in [0.2, 0.25) is 5.91 Å². The topological polar surface area (TPSA) is 96.7 Å². The summed E-state index contributed by atoms with van der Waals surface area (Å²) in [5.74, 6) is 0.989. The number of aromatic nitrogens is 3. The molecule has 0 bridgehead atoms. The fraction of sp³-hybridized carbons (Fsp3) is 0.458. The normalized spacial score (nSPS) is 19.1. The van der Waals surface area contributed by atoms with Crippen molar-refractivity contribution in [2.45, 2.75) is 32.0 Å². The van der Waals surface area contributed by atoms with Gasteiger partial charge in [0.1, 0.15) is 23.8 Å². The van der Waals surface area contributed by atoms with Gasteiger partial charge in [-0.1, -0.05) is 0 Å². The number of hydrogen-bond donors (Lipinski definition) is 1. The van der Waals surface area contributed by atoms with Crippen LogP contribution in [0.4, 0.5) is 5.82 Å². The molecular formula is C24H30N4O5. The van der Waals surface area contributed by atoms with Crippen LogP contribution in [0.2, 0.25) is 0 Å². The maximum Gasteiger partial charge on any atom is 0.222 e. The van der Waals surface area contributed by atoms with Crippen LogP contribution in [-0.4, -0.2) is 60.6 Å². The van der Waals surface area contributed by atoms with E-state index in [0.29, 0.717) is 37.8 Å². The minimum atomic E-state index is -0.630. The van der Waals surface area contributed by atoms with Gasteiger partial charge in [-0.2, -0.15) is 0 Å². The zero-order chi connectivity index (χ0) is 23.6. The van der Waals surface area contributed by atoms with Gasteiger partial charge in [0.25, 0.3) is 0 Å². The number of pyridine rings is 2. The Morgan fingerprint density at radius 2 is 2.15 bits per heavy atom. The molecule has 4 heterocycles. The summed E-state index contributed by atoms with van der Waals surface area (Å²) in [4.78, 5) is 20.9.